The molecule has 0 radical (unpaired) electrons. The first kappa shape index (κ1) is 22.3. The Morgan fingerprint density at radius 3 is 2.19 bits per heavy atom. The number of hydrogen-bond acceptors (Lipinski definition) is 6. The molecule has 0 aliphatic carbocycles. The van der Waals surface area contributed by atoms with E-state index in [1.54, 1.807) is 37.2 Å². The molecule has 1 aliphatic rings. The van der Waals surface area contributed by atoms with Crippen molar-refractivity contribution in [3.05, 3.63) is 64.2 Å². The van der Waals surface area contributed by atoms with E-state index >= 15 is 0 Å². The number of hydrogen-bond donors (Lipinski definition) is 0. The van der Waals surface area contributed by atoms with E-state index in [0.717, 1.165) is 32.7 Å². The summed E-state index contributed by atoms with van der Waals surface area (Å²) in [6.45, 7) is 9.73. The van der Waals surface area contributed by atoms with Crippen molar-refractivity contribution in [2.45, 2.75) is 33.0 Å². The fourth-order valence-corrected chi connectivity index (χ4v) is 4.16. The average Bonchev–Trinajstić information content (AvgIpc) is 2.81. The second-order valence-electron chi connectivity index (χ2n) is 8.68. The zero-order valence-corrected chi connectivity index (χ0v) is 19.4. The van der Waals surface area contributed by atoms with Crippen molar-refractivity contribution in [1.82, 2.24) is 19.4 Å². The van der Waals surface area contributed by atoms with Crippen LogP contribution < -0.4 is 15.0 Å². The van der Waals surface area contributed by atoms with Gasteiger partial charge in [-0.25, -0.2) is 4.98 Å². The van der Waals surface area contributed by atoms with Crippen molar-refractivity contribution in [2.75, 3.05) is 40.4 Å². The second kappa shape index (κ2) is 9.71. The molecular formula is C25H32N4O3. The lowest BCUT2D eigenvalue weighted by molar-refractivity contribution is 0.102. The summed E-state index contributed by atoms with van der Waals surface area (Å²) in [4.78, 5) is 22.3. The quantitative estimate of drug-likeness (QED) is 0.566. The fraction of sp³-hybridized carbons (Fsp3) is 0.440. The molecule has 4 rings (SSSR count). The van der Waals surface area contributed by atoms with Gasteiger partial charge >= 0.3 is 0 Å². The minimum atomic E-state index is -0.0661. The molecule has 0 N–H and O–H groups in total. The van der Waals surface area contributed by atoms with Crippen molar-refractivity contribution in [3.63, 3.8) is 0 Å². The van der Waals surface area contributed by atoms with Gasteiger partial charge in [0.1, 0.15) is 0 Å². The predicted molar refractivity (Wildman–Crippen MR) is 126 cm³/mol. The van der Waals surface area contributed by atoms with Gasteiger partial charge in [-0.05, 0) is 23.1 Å². The van der Waals surface area contributed by atoms with Crippen molar-refractivity contribution >= 4 is 10.9 Å². The number of methoxy groups -OCH3 is 2. The van der Waals surface area contributed by atoms with Crippen LogP contribution >= 0.6 is 0 Å². The van der Waals surface area contributed by atoms with Crippen molar-refractivity contribution < 1.29 is 9.47 Å². The van der Waals surface area contributed by atoms with Crippen LogP contribution in [0.2, 0.25) is 0 Å². The Bertz CT molecular complexity index is 1120. The third-order valence-corrected chi connectivity index (χ3v) is 6.20. The highest BCUT2D eigenvalue weighted by atomic mass is 16.5. The minimum Gasteiger partial charge on any atom is -0.493 e. The van der Waals surface area contributed by atoms with E-state index in [4.69, 9.17) is 9.47 Å². The van der Waals surface area contributed by atoms with Crippen LogP contribution in [-0.2, 0) is 13.2 Å². The molecule has 1 fully saturated rings. The summed E-state index contributed by atoms with van der Waals surface area (Å²) in [6.07, 6.45) is 1.62. The summed E-state index contributed by atoms with van der Waals surface area (Å²) in [7, 11) is 3.14. The SMILES string of the molecule is COc1cc2ncn(CN3CCN(Cc4ccc(C(C)C)cc4)CC3)c(=O)c2cc1OC. The van der Waals surface area contributed by atoms with Gasteiger partial charge in [-0.1, -0.05) is 38.1 Å². The lowest BCUT2D eigenvalue weighted by Gasteiger charge is -2.34. The summed E-state index contributed by atoms with van der Waals surface area (Å²) in [6, 6.07) is 12.4. The third-order valence-electron chi connectivity index (χ3n) is 6.20. The van der Waals surface area contributed by atoms with Gasteiger partial charge in [0, 0.05) is 38.8 Å². The van der Waals surface area contributed by atoms with E-state index in [-0.39, 0.29) is 5.56 Å². The Hall–Kier alpha value is -2.90. The van der Waals surface area contributed by atoms with Crippen molar-refractivity contribution in [2.24, 2.45) is 0 Å². The molecule has 7 heteroatoms. The summed E-state index contributed by atoms with van der Waals surface area (Å²) < 4.78 is 12.3. The Morgan fingerprint density at radius 2 is 1.56 bits per heavy atom. The van der Waals surface area contributed by atoms with Crippen LogP contribution in [-0.4, -0.2) is 59.7 Å². The first-order valence-corrected chi connectivity index (χ1v) is 11.1. The molecule has 1 saturated heterocycles. The number of ether oxygens (including phenoxy) is 2. The Labute approximate surface area is 189 Å². The Balaban J connectivity index is 1.39. The maximum atomic E-state index is 13.0. The Morgan fingerprint density at radius 1 is 0.938 bits per heavy atom. The van der Waals surface area contributed by atoms with Gasteiger partial charge < -0.3 is 9.47 Å². The highest BCUT2D eigenvalue weighted by Gasteiger charge is 2.18. The van der Waals surface area contributed by atoms with Crippen LogP contribution in [0.1, 0.15) is 30.9 Å². The summed E-state index contributed by atoms with van der Waals surface area (Å²) in [5.41, 5.74) is 3.27. The summed E-state index contributed by atoms with van der Waals surface area (Å²) in [5.74, 6) is 1.66. The van der Waals surface area contributed by atoms with Crippen LogP contribution in [0.4, 0.5) is 0 Å². The fourth-order valence-electron chi connectivity index (χ4n) is 4.16. The van der Waals surface area contributed by atoms with Gasteiger partial charge in [-0.3, -0.25) is 19.2 Å². The molecular weight excluding hydrogens is 404 g/mol. The predicted octanol–water partition coefficient (Wildman–Crippen LogP) is 3.31. The van der Waals surface area contributed by atoms with E-state index in [9.17, 15) is 4.79 Å². The molecule has 1 aliphatic heterocycles. The minimum absolute atomic E-state index is 0.0661. The van der Waals surface area contributed by atoms with Gasteiger partial charge in [0.05, 0.1) is 38.1 Å². The highest BCUT2D eigenvalue weighted by Crippen LogP contribution is 2.29. The zero-order chi connectivity index (χ0) is 22.7. The first-order chi connectivity index (χ1) is 15.5. The number of benzene rings is 2. The molecule has 0 atom stereocenters. The van der Waals surface area contributed by atoms with Gasteiger partial charge in [0.25, 0.3) is 5.56 Å². The van der Waals surface area contributed by atoms with Gasteiger partial charge in [0.15, 0.2) is 11.5 Å². The average molecular weight is 437 g/mol. The molecule has 3 aromatic rings. The summed E-state index contributed by atoms with van der Waals surface area (Å²) >= 11 is 0. The zero-order valence-electron chi connectivity index (χ0n) is 19.4. The van der Waals surface area contributed by atoms with Crippen LogP contribution in [0.25, 0.3) is 10.9 Å². The number of aromatic nitrogens is 2. The highest BCUT2D eigenvalue weighted by molar-refractivity contribution is 5.81. The van der Waals surface area contributed by atoms with E-state index in [1.165, 1.54) is 11.1 Å². The summed E-state index contributed by atoms with van der Waals surface area (Å²) in [5, 5.41) is 0.536. The standard InChI is InChI=1S/C25H32N4O3/c1-18(2)20-7-5-19(6-8-20)15-27-9-11-28(12-10-27)17-29-16-26-22-14-24(32-4)23(31-3)13-21(22)25(29)30/h5-8,13-14,16,18H,9-12,15,17H2,1-4H3. The Kier molecular flexibility index (Phi) is 6.77. The third kappa shape index (κ3) is 4.79. The second-order valence-corrected chi connectivity index (χ2v) is 8.68. The molecule has 1 aromatic heterocycles. The van der Waals surface area contributed by atoms with Crippen LogP contribution in [0.5, 0.6) is 11.5 Å². The molecule has 0 saturated carbocycles. The molecule has 32 heavy (non-hydrogen) atoms. The number of piperazine rings is 1. The van der Waals surface area contributed by atoms with Gasteiger partial charge in [0.2, 0.25) is 0 Å². The molecule has 0 spiro atoms. The van der Waals surface area contributed by atoms with Gasteiger partial charge in [-0.2, -0.15) is 0 Å². The molecule has 0 unspecified atom stereocenters. The largest absolute Gasteiger partial charge is 0.493 e. The molecule has 0 bridgehead atoms. The normalized spacial score (nSPS) is 15.4. The molecule has 7 nitrogen and oxygen atoms in total. The molecule has 0 amide bonds. The monoisotopic (exact) mass is 436 g/mol. The molecule has 2 heterocycles. The molecule has 170 valence electrons. The van der Waals surface area contributed by atoms with Gasteiger partial charge in [-0.15, -0.1) is 0 Å². The lowest BCUT2D eigenvalue weighted by atomic mass is 10.0. The van der Waals surface area contributed by atoms with E-state index < -0.39 is 0 Å². The van der Waals surface area contributed by atoms with Crippen LogP contribution in [0.3, 0.4) is 0 Å². The van der Waals surface area contributed by atoms with E-state index in [2.05, 4.69) is 52.9 Å². The lowest BCUT2D eigenvalue weighted by Crippen LogP contribution is -2.47. The van der Waals surface area contributed by atoms with E-state index in [0.29, 0.717) is 35.0 Å². The maximum Gasteiger partial charge on any atom is 0.262 e. The van der Waals surface area contributed by atoms with Crippen LogP contribution in [0.15, 0.2) is 47.5 Å². The van der Waals surface area contributed by atoms with Crippen LogP contribution in [0, 0.1) is 0 Å². The first-order valence-electron chi connectivity index (χ1n) is 11.1. The number of nitrogens with zero attached hydrogens (tertiary/aromatic N) is 4. The van der Waals surface area contributed by atoms with E-state index in [1.807, 2.05) is 0 Å². The smallest absolute Gasteiger partial charge is 0.262 e. The maximum absolute atomic E-state index is 13.0. The molecule has 2 aromatic carbocycles. The topological polar surface area (TPSA) is 59.8 Å². The van der Waals surface area contributed by atoms with Crippen molar-refractivity contribution in [1.29, 1.82) is 0 Å². The number of fused-ring (bicyclic) bond motifs is 1. The number of rotatable bonds is 7. The van der Waals surface area contributed by atoms with Crippen molar-refractivity contribution in [3.8, 4) is 11.5 Å².